The maximum atomic E-state index is 12.9. The maximum Gasteiger partial charge on any atom is 0.193 e. The molecule has 2 aliphatic heterocycles. The van der Waals surface area contributed by atoms with Gasteiger partial charge in [-0.2, -0.15) is 0 Å². The SMILES string of the molecule is OC1(c2ccccc2)c2ccccc2C2(c3ccccc3)c3ccccc3-c3ccccc3N12. The molecule has 7 rings (SSSR count). The van der Waals surface area contributed by atoms with Crippen molar-refractivity contribution in [3.8, 4) is 11.1 Å². The van der Waals surface area contributed by atoms with E-state index < -0.39 is 11.3 Å². The molecule has 5 aromatic rings. The number of para-hydroxylation sites is 1. The van der Waals surface area contributed by atoms with Gasteiger partial charge in [0.2, 0.25) is 0 Å². The Hall–Kier alpha value is -4.14. The van der Waals surface area contributed by atoms with Gasteiger partial charge < -0.3 is 10.0 Å². The van der Waals surface area contributed by atoms with Crippen LogP contribution in [0.15, 0.2) is 133 Å². The second-order valence-corrected chi connectivity index (χ2v) is 9.06. The predicted molar refractivity (Wildman–Crippen MR) is 137 cm³/mol. The van der Waals surface area contributed by atoms with E-state index in [9.17, 15) is 5.11 Å². The minimum absolute atomic E-state index is 0.687. The fourth-order valence-corrected chi connectivity index (χ4v) is 6.21. The molecule has 2 unspecified atom stereocenters. The van der Waals surface area contributed by atoms with Crippen molar-refractivity contribution >= 4 is 5.69 Å². The van der Waals surface area contributed by atoms with Crippen LogP contribution < -0.4 is 4.90 Å². The first-order valence-electron chi connectivity index (χ1n) is 11.7. The third-order valence-electron chi connectivity index (χ3n) is 7.47. The van der Waals surface area contributed by atoms with E-state index in [0.717, 1.165) is 33.5 Å². The Morgan fingerprint density at radius 3 is 1.65 bits per heavy atom. The molecule has 0 amide bonds. The topological polar surface area (TPSA) is 23.5 Å². The Kier molecular flexibility index (Phi) is 3.94. The highest BCUT2D eigenvalue weighted by Crippen LogP contribution is 2.63. The highest BCUT2D eigenvalue weighted by Gasteiger charge is 2.62. The van der Waals surface area contributed by atoms with E-state index in [0.29, 0.717) is 0 Å². The number of anilines is 1. The molecular weight excluding hydrogens is 414 g/mol. The van der Waals surface area contributed by atoms with E-state index in [1.54, 1.807) is 0 Å². The Morgan fingerprint density at radius 1 is 0.441 bits per heavy atom. The Morgan fingerprint density at radius 2 is 0.941 bits per heavy atom. The molecule has 1 N–H and O–H groups in total. The van der Waals surface area contributed by atoms with Crippen LogP contribution in [0.3, 0.4) is 0 Å². The van der Waals surface area contributed by atoms with E-state index in [-0.39, 0.29) is 0 Å². The van der Waals surface area contributed by atoms with E-state index in [4.69, 9.17) is 0 Å². The molecule has 0 aromatic heterocycles. The highest BCUT2D eigenvalue weighted by molar-refractivity contribution is 5.92. The van der Waals surface area contributed by atoms with Crippen LogP contribution in [0.1, 0.15) is 27.8 Å². The van der Waals surface area contributed by atoms with Gasteiger partial charge in [-0.1, -0.05) is 127 Å². The van der Waals surface area contributed by atoms with Gasteiger partial charge in [0.25, 0.3) is 0 Å². The summed E-state index contributed by atoms with van der Waals surface area (Å²) >= 11 is 0. The molecule has 5 aromatic carbocycles. The van der Waals surface area contributed by atoms with Gasteiger partial charge in [-0.05, 0) is 28.3 Å². The Bertz CT molecular complexity index is 1530. The summed E-state index contributed by atoms with van der Waals surface area (Å²) < 4.78 is 0. The minimum atomic E-state index is -1.35. The number of rotatable bonds is 2. The average Bonchev–Trinajstić information content (AvgIpc) is 3.17. The van der Waals surface area contributed by atoms with Crippen molar-refractivity contribution in [3.63, 3.8) is 0 Å². The van der Waals surface area contributed by atoms with Gasteiger partial charge in [-0.25, -0.2) is 0 Å². The summed E-state index contributed by atoms with van der Waals surface area (Å²) in [6, 6.07) is 46.1. The molecule has 2 heteroatoms. The lowest BCUT2D eigenvalue weighted by atomic mass is 9.71. The van der Waals surface area contributed by atoms with Gasteiger partial charge in [-0.15, -0.1) is 0 Å². The van der Waals surface area contributed by atoms with Crippen LogP contribution in [0.25, 0.3) is 11.1 Å². The van der Waals surface area contributed by atoms with Crippen molar-refractivity contribution in [2.75, 3.05) is 4.90 Å². The van der Waals surface area contributed by atoms with Crippen LogP contribution in [-0.2, 0) is 11.3 Å². The fourth-order valence-electron chi connectivity index (χ4n) is 6.21. The lowest BCUT2D eigenvalue weighted by Crippen LogP contribution is -2.55. The second kappa shape index (κ2) is 6.93. The van der Waals surface area contributed by atoms with Crippen LogP contribution in [0.2, 0.25) is 0 Å². The van der Waals surface area contributed by atoms with Crippen LogP contribution in [0.5, 0.6) is 0 Å². The molecule has 0 saturated carbocycles. The standard InChI is InChI=1S/C32H23NO/c34-32(24-15-5-2-6-16-24)29-21-11-10-20-28(29)31(23-13-3-1-4-14-23)27-19-9-7-17-25(27)26-18-8-12-22-30(26)33(31)32/h1-22,34H. The first-order chi connectivity index (χ1) is 16.8. The van der Waals surface area contributed by atoms with E-state index in [1.165, 1.54) is 11.1 Å². The van der Waals surface area contributed by atoms with Gasteiger partial charge in [0, 0.05) is 22.4 Å². The molecule has 34 heavy (non-hydrogen) atoms. The second-order valence-electron chi connectivity index (χ2n) is 9.06. The minimum Gasteiger partial charge on any atom is -0.363 e. The number of hydrogen-bond acceptors (Lipinski definition) is 2. The monoisotopic (exact) mass is 437 g/mol. The van der Waals surface area contributed by atoms with Crippen LogP contribution in [0.4, 0.5) is 5.69 Å². The van der Waals surface area contributed by atoms with Crippen LogP contribution in [-0.4, -0.2) is 5.11 Å². The summed E-state index contributed by atoms with van der Waals surface area (Å²) in [5.41, 5.74) is 6.51. The molecule has 0 bridgehead atoms. The number of fused-ring (bicyclic) bond motifs is 8. The number of nitrogens with zero attached hydrogens (tertiary/aromatic N) is 1. The zero-order valence-corrected chi connectivity index (χ0v) is 18.6. The van der Waals surface area contributed by atoms with Crippen LogP contribution in [0, 0.1) is 0 Å². The van der Waals surface area contributed by atoms with E-state index in [1.807, 2.05) is 36.4 Å². The summed E-state index contributed by atoms with van der Waals surface area (Å²) in [6.45, 7) is 0. The molecule has 2 heterocycles. The van der Waals surface area contributed by atoms with Crippen molar-refractivity contribution in [1.29, 1.82) is 0 Å². The van der Waals surface area contributed by atoms with Gasteiger partial charge in [-0.3, -0.25) is 0 Å². The molecule has 2 nitrogen and oxygen atoms in total. The number of benzene rings is 5. The van der Waals surface area contributed by atoms with E-state index >= 15 is 0 Å². The molecule has 2 aliphatic rings. The quantitative estimate of drug-likeness (QED) is 0.333. The molecule has 0 aliphatic carbocycles. The first kappa shape index (κ1) is 19.3. The molecule has 0 radical (unpaired) electrons. The lowest BCUT2D eigenvalue weighted by molar-refractivity contribution is 0.0754. The van der Waals surface area contributed by atoms with Gasteiger partial charge >= 0.3 is 0 Å². The first-order valence-corrected chi connectivity index (χ1v) is 11.7. The van der Waals surface area contributed by atoms with Crippen molar-refractivity contribution in [2.24, 2.45) is 0 Å². The molecule has 0 spiro atoms. The van der Waals surface area contributed by atoms with Gasteiger partial charge in [0.15, 0.2) is 5.72 Å². The smallest absolute Gasteiger partial charge is 0.193 e. The fraction of sp³-hybridized carbons (Fsp3) is 0.0625. The normalized spacial score (nSPS) is 21.9. The van der Waals surface area contributed by atoms with Crippen molar-refractivity contribution < 1.29 is 5.11 Å². The lowest BCUT2D eigenvalue weighted by Gasteiger charge is -2.51. The summed E-state index contributed by atoms with van der Waals surface area (Å²) in [5.74, 6) is 0. The van der Waals surface area contributed by atoms with E-state index in [2.05, 4.69) is 102 Å². The Labute approximate surface area is 199 Å². The zero-order chi connectivity index (χ0) is 22.8. The molecule has 162 valence electrons. The summed E-state index contributed by atoms with van der Waals surface area (Å²) in [5, 5.41) is 12.9. The third-order valence-corrected chi connectivity index (χ3v) is 7.47. The van der Waals surface area contributed by atoms with Gasteiger partial charge in [0.1, 0.15) is 5.54 Å². The molecular formula is C32H23NO. The van der Waals surface area contributed by atoms with Crippen molar-refractivity contribution in [2.45, 2.75) is 11.3 Å². The summed E-state index contributed by atoms with van der Waals surface area (Å²) in [7, 11) is 0. The molecule has 2 atom stereocenters. The van der Waals surface area contributed by atoms with Crippen molar-refractivity contribution in [3.05, 3.63) is 161 Å². The molecule has 0 saturated heterocycles. The Balaban J connectivity index is 1.72. The van der Waals surface area contributed by atoms with Crippen molar-refractivity contribution in [1.82, 2.24) is 0 Å². The largest absolute Gasteiger partial charge is 0.363 e. The highest BCUT2D eigenvalue weighted by atomic mass is 16.3. The average molecular weight is 438 g/mol. The number of aliphatic hydroxyl groups is 1. The zero-order valence-electron chi connectivity index (χ0n) is 18.6. The maximum absolute atomic E-state index is 12.9. The molecule has 0 fully saturated rings. The van der Waals surface area contributed by atoms with Crippen LogP contribution >= 0.6 is 0 Å². The number of hydrogen-bond donors (Lipinski definition) is 1. The third kappa shape index (κ3) is 2.23. The summed E-state index contributed by atoms with van der Waals surface area (Å²) in [4.78, 5) is 2.26. The summed E-state index contributed by atoms with van der Waals surface area (Å²) in [6.07, 6.45) is 0. The predicted octanol–water partition coefficient (Wildman–Crippen LogP) is 6.67. The van der Waals surface area contributed by atoms with Gasteiger partial charge in [0.05, 0.1) is 0 Å².